The first kappa shape index (κ1) is 29.7. The van der Waals surface area contributed by atoms with Gasteiger partial charge < -0.3 is 14.6 Å². The molecule has 6 nitrogen and oxygen atoms in total. The molecular formula is C30H37NO5S2. The third kappa shape index (κ3) is 8.33. The third-order valence-corrected chi connectivity index (χ3v) is 7.63. The van der Waals surface area contributed by atoms with Crippen LogP contribution >= 0.6 is 24.0 Å². The lowest BCUT2D eigenvalue weighted by atomic mass is 10.0. The quantitative estimate of drug-likeness (QED) is 0.143. The average Bonchev–Trinajstić information content (AvgIpc) is 3.16. The first-order valence-corrected chi connectivity index (χ1v) is 14.5. The molecule has 1 aliphatic heterocycles. The molecule has 2 atom stereocenters. The highest BCUT2D eigenvalue weighted by Crippen LogP contribution is 2.37. The zero-order valence-electron chi connectivity index (χ0n) is 22.4. The van der Waals surface area contributed by atoms with E-state index in [1.54, 1.807) is 6.08 Å². The molecule has 1 aliphatic rings. The molecule has 0 bridgehead atoms. The Labute approximate surface area is 235 Å². The predicted molar refractivity (Wildman–Crippen MR) is 158 cm³/mol. The SMILES string of the molecule is CCCCCCCC(C)Oc1ccc(C=C2SC(=S)N(C(Cc3ccccc3)C(=O)O)C2=O)cc1OCC. The molecule has 1 amide bonds. The molecule has 2 aromatic rings. The molecule has 8 heteroatoms. The zero-order valence-corrected chi connectivity index (χ0v) is 24.0. The van der Waals surface area contributed by atoms with Crippen LogP contribution in [0.25, 0.3) is 6.08 Å². The summed E-state index contributed by atoms with van der Waals surface area (Å²) in [5.41, 5.74) is 1.58. The Morgan fingerprint density at radius 2 is 1.82 bits per heavy atom. The van der Waals surface area contributed by atoms with Gasteiger partial charge in [0.25, 0.3) is 5.91 Å². The molecule has 204 valence electrons. The number of carbonyl (C=O) groups is 2. The van der Waals surface area contributed by atoms with Crippen molar-refractivity contribution in [2.75, 3.05) is 6.61 Å². The topological polar surface area (TPSA) is 76.1 Å². The highest BCUT2D eigenvalue weighted by Gasteiger charge is 2.40. The molecule has 38 heavy (non-hydrogen) atoms. The zero-order chi connectivity index (χ0) is 27.5. The molecule has 3 rings (SSSR count). The number of aliphatic carboxylic acids is 1. The van der Waals surface area contributed by atoms with Crippen molar-refractivity contribution in [2.45, 2.75) is 77.9 Å². The molecule has 1 N–H and O–H groups in total. The number of carboxylic acids is 1. The van der Waals surface area contributed by atoms with E-state index in [9.17, 15) is 14.7 Å². The summed E-state index contributed by atoms with van der Waals surface area (Å²) in [5, 5.41) is 9.88. The van der Waals surface area contributed by atoms with Crippen molar-refractivity contribution in [1.29, 1.82) is 0 Å². The summed E-state index contributed by atoms with van der Waals surface area (Å²) in [6.45, 7) is 6.68. The van der Waals surface area contributed by atoms with E-state index in [0.717, 1.165) is 35.7 Å². The molecular weight excluding hydrogens is 518 g/mol. The van der Waals surface area contributed by atoms with Crippen LogP contribution in [-0.2, 0) is 16.0 Å². The van der Waals surface area contributed by atoms with Gasteiger partial charge in [-0.25, -0.2) is 4.79 Å². The number of unbranched alkanes of at least 4 members (excludes halogenated alkanes) is 4. The second-order valence-corrected chi connectivity index (χ2v) is 11.0. The summed E-state index contributed by atoms with van der Waals surface area (Å²) >= 11 is 6.55. The molecule has 0 spiro atoms. The summed E-state index contributed by atoms with van der Waals surface area (Å²) in [7, 11) is 0. The lowest BCUT2D eigenvalue weighted by molar-refractivity contribution is -0.145. The minimum absolute atomic E-state index is 0.0653. The molecule has 1 fully saturated rings. The number of rotatable bonds is 15. The van der Waals surface area contributed by atoms with E-state index in [1.165, 1.54) is 30.6 Å². The number of thioether (sulfide) groups is 1. The lowest BCUT2D eigenvalue weighted by Crippen LogP contribution is -2.45. The number of hydrogen-bond acceptors (Lipinski definition) is 6. The van der Waals surface area contributed by atoms with Crippen LogP contribution in [-0.4, -0.2) is 45.0 Å². The first-order chi connectivity index (χ1) is 18.3. The van der Waals surface area contributed by atoms with Crippen LogP contribution in [0.2, 0.25) is 0 Å². The van der Waals surface area contributed by atoms with Gasteiger partial charge in [-0.2, -0.15) is 0 Å². The number of thiocarbonyl (C=S) groups is 1. The van der Waals surface area contributed by atoms with Crippen LogP contribution in [0.4, 0.5) is 0 Å². The van der Waals surface area contributed by atoms with Crippen LogP contribution in [0.1, 0.15) is 70.4 Å². The molecule has 0 radical (unpaired) electrons. The number of carbonyl (C=O) groups excluding carboxylic acids is 1. The van der Waals surface area contributed by atoms with Gasteiger partial charge in [0.15, 0.2) is 11.5 Å². The number of amides is 1. The summed E-state index contributed by atoms with van der Waals surface area (Å²) in [6, 6.07) is 13.7. The molecule has 0 aliphatic carbocycles. The van der Waals surface area contributed by atoms with E-state index in [0.29, 0.717) is 23.0 Å². The summed E-state index contributed by atoms with van der Waals surface area (Å²) in [4.78, 5) is 27.0. The highest BCUT2D eigenvalue weighted by atomic mass is 32.2. The Balaban J connectivity index is 1.73. The fourth-order valence-electron chi connectivity index (χ4n) is 4.32. The third-order valence-electron chi connectivity index (χ3n) is 6.30. The Kier molecular flexibility index (Phi) is 11.7. The number of nitrogens with zero attached hydrogens (tertiary/aromatic N) is 1. The monoisotopic (exact) mass is 555 g/mol. The van der Waals surface area contributed by atoms with Crippen molar-refractivity contribution in [3.8, 4) is 11.5 Å². The predicted octanol–water partition coefficient (Wildman–Crippen LogP) is 7.11. The van der Waals surface area contributed by atoms with Crippen molar-refractivity contribution >= 4 is 46.3 Å². The van der Waals surface area contributed by atoms with Gasteiger partial charge in [-0.3, -0.25) is 9.69 Å². The van der Waals surface area contributed by atoms with E-state index in [1.807, 2.05) is 55.5 Å². The normalized spacial score (nSPS) is 16.1. The molecule has 0 aromatic heterocycles. The lowest BCUT2D eigenvalue weighted by Gasteiger charge is -2.23. The molecule has 0 saturated carbocycles. The number of ether oxygens (including phenoxy) is 2. The Morgan fingerprint density at radius 3 is 2.50 bits per heavy atom. The minimum Gasteiger partial charge on any atom is -0.490 e. The minimum atomic E-state index is -1.09. The van der Waals surface area contributed by atoms with Crippen molar-refractivity contribution in [3.63, 3.8) is 0 Å². The van der Waals surface area contributed by atoms with Crippen LogP contribution in [0, 0.1) is 0 Å². The molecule has 1 saturated heterocycles. The first-order valence-electron chi connectivity index (χ1n) is 13.3. The Bertz CT molecular complexity index is 1130. The van der Waals surface area contributed by atoms with Gasteiger partial charge in [-0.05, 0) is 56.0 Å². The Hall–Kier alpha value is -2.84. The summed E-state index contributed by atoms with van der Waals surface area (Å²) in [6.07, 6.45) is 9.05. The number of benzene rings is 2. The maximum absolute atomic E-state index is 13.3. The van der Waals surface area contributed by atoms with E-state index in [2.05, 4.69) is 13.8 Å². The van der Waals surface area contributed by atoms with Crippen molar-refractivity contribution in [3.05, 3.63) is 64.6 Å². The van der Waals surface area contributed by atoms with Crippen molar-refractivity contribution < 1.29 is 24.2 Å². The van der Waals surface area contributed by atoms with Crippen LogP contribution < -0.4 is 9.47 Å². The van der Waals surface area contributed by atoms with E-state index < -0.39 is 17.9 Å². The van der Waals surface area contributed by atoms with E-state index >= 15 is 0 Å². The van der Waals surface area contributed by atoms with Gasteiger partial charge in [-0.1, -0.05) is 93.0 Å². The Morgan fingerprint density at radius 1 is 1.08 bits per heavy atom. The summed E-state index contributed by atoms with van der Waals surface area (Å²) < 4.78 is 12.3. The fraction of sp³-hybridized carbons (Fsp3) is 0.433. The van der Waals surface area contributed by atoms with Gasteiger partial charge >= 0.3 is 5.97 Å². The highest BCUT2D eigenvalue weighted by molar-refractivity contribution is 8.26. The number of carboxylic acid groups (broad SMARTS) is 1. The van der Waals surface area contributed by atoms with Gasteiger partial charge in [-0.15, -0.1) is 0 Å². The number of hydrogen-bond donors (Lipinski definition) is 1. The molecule has 2 aromatic carbocycles. The second kappa shape index (κ2) is 14.9. The van der Waals surface area contributed by atoms with E-state index in [-0.39, 0.29) is 16.8 Å². The van der Waals surface area contributed by atoms with Crippen molar-refractivity contribution in [2.24, 2.45) is 0 Å². The van der Waals surface area contributed by atoms with Crippen LogP contribution in [0.15, 0.2) is 53.4 Å². The second-order valence-electron chi connectivity index (χ2n) is 9.37. The molecule has 1 heterocycles. The van der Waals surface area contributed by atoms with E-state index in [4.69, 9.17) is 21.7 Å². The largest absolute Gasteiger partial charge is 0.490 e. The standard InChI is InChI=1S/C30H37NO5S2/c1-4-6-7-8-10-13-21(3)36-25-17-16-23(19-26(25)35-5-2)20-27-28(32)31(30(37)38-27)24(29(33)34)18-22-14-11-9-12-15-22/h9,11-12,14-17,19-21,24H,4-8,10,13,18H2,1-3H3,(H,33,34). The van der Waals surface area contributed by atoms with Gasteiger partial charge in [0.1, 0.15) is 10.4 Å². The maximum Gasteiger partial charge on any atom is 0.327 e. The van der Waals surface area contributed by atoms with Crippen molar-refractivity contribution in [1.82, 2.24) is 4.90 Å². The van der Waals surface area contributed by atoms with Crippen LogP contribution in [0.5, 0.6) is 11.5 Å². The summed E-state index contributed by atoms with van der Waals surface area (Å²) in [5.74, 6) is -0.210. The van der Waals surface area contributed by atoms with Gasteiger partial charge in [0, 0.05) is 6.42 Å². The average molecular weight is 556 g/mol. The maximum atomic E-state index is 13.3. The smallest absolute Gasteiger partial charge is 0.327 e. The molecule has 2 unspecified atom stereocenters. The van der Waals surface area contributed by atoms with Gasteiger partial charge in [0.2, 0.25) is 0 Å². The van der Waals surface area contributed by atoms with Crippen LogP contribution in [0.3, 0.4) is 0 Å². The van der Waals surface area contributed by atoms with Gasteiger partial charge in [0.05, 0.1) is 17.6 Å². The fourth-order valence-corrected chi connectivity index (χ4v) is 5.67.